The summed E-state index contributed by atoms with van der Waals surface area (Å²) in [5.74, 6) is 0.0542. The predicted octanol–water partition coefficient (Wildman–Crippen LogP) is 3.42. The Morgan fingerprint density at radius 3 is 2.12 bits per heavy atom. The Morgan fingerprint density at radius 1 is 1.00 bits per heavy atom. The number of rotatable bonds is 5. The number of esters is 1. The molecule has 5 nitrogen and oxygen atoms in total. The van der Waals surface area contributed by atoms with Crippen LogP contribution in [0.25, 0.3) is 0 Å². The minimum atomic E-state index is -0.415. The van der Waals surface area contributed by atoms with Gasteiger partial charge in [0.2, 0.25) is 0 Å². The number of carbonyl (C=O) groups is 2. The van der Waals surface area contributed by atoms with Crippen LogP contribution in [0, 0.1) is 20.8 Å². The van der Waals surface area contributed by atoms with Crippen LogP contribution in [0.15, 0.2) is 36.4 Å². The van der Waals surface area contributed by atoms with Crippen LogP contribution in [-0.2, 0) is 9.53 Å². The first-order valence-corrected chi connectivity index (χ1v) is 7.59. The fourth-order valence-electron chi connectivity index (χ4n) is 2.54. The van der Waals surface area contributed by atoms with Gasteiger partial charge < -0.3 is 14.8 Å². The molecular weight excluding hydrogens is 306 g/mol. The molecular formula is C19H21NO4. The lowest BCUT2D eigenvalue weighted by atomic mass is 10.1. The zero-order valence-electron chi connectivity index (χ0n) is 14.3. The molecule has 2 aromatic carbocycles. The van der Waals surface area contributed by atoms with Gasteiger partial charge in [-0.15, -0.1) is 0 Å². The quantitative estimate of drug-likeness (QED) is 0.855. The first-order chi connectivity index (χ1) is 11.4. The van der Waals surface area contributed by atoms with E-state index >= 15 is 0 Å². The summed E-state index contributed by atoms with van der Waals surface area (Å²) in [6, 6.07) is 10.5. The van der Waals surface area contributed by atoms with Crippen molar-refractivity contribution in [1.82, 2.24) is 0 Å². The van der Waals surface area contributed by atoms with Gasteiger partial charge in [0.25, 0.3) is 5.91 Å². The summed E-state index contributed by atoms with van der Waals surface area (Å²) in [4.78, 5) is 23.4. The molecule has 0 spiro atoms. The van der Waals surface area contributed by atoms with Gasteiger partial charge in [-0.1, -0.05) is 17.7 Å². The average molecular weight is 327 g/mol. The highest BCUT2D eigenvalue weighted by Crippen LogP contribution is 2.24. The van der Waals surface area contributed by atoms with E-state index in [-0.39, 0.29) is 12.5 Å². The van der Waals surface area contributed by atoms with E-state index in [1.54, 1.807) is 24.3 Å². The summed E-state index contributed by atoms with van der Waals surface area (Å²) >= 11 is 0. The lowest BCUT2D eigenvalue weighted by molar-refractivity contribution is -0.118. The van der Waals surface area contributed by atoms with Gasteiger partial charge in [-0.05, 0) is 56.2 Å². The molecule has 0 fully saturated rings. The highest BCUT2D eigenvalue weighted by atomic mass is 16.5. The standard InChI is InChI=1S/C19H21NO4/c1-12-9-13(2)18(14(3)10-12)24-11-17(21)20-16-7-5-15(6-8-16)19(22)23-4/h5-10H,11H2,1-4H3,(H,20,21). The number of ether oxygens (including phenoxy) is 2. The van der Waals surface area contributed by atoms with Crippen LogP contribution >= 0.6 is 0 Å². The first-order valence-electron chi connectivity index (χ1n) is 7.59. The Labute approximate surface area is 141 Å². The van der Waals surface area contributed by atoms with Crippen molar-refractivity contribution in [1.29, 1.82) is 0 Å². The molecule has 0 radical (unpaired) electrons. The van der Waals surface area contributed by atoms with E-state index in [1.165, 1.54) is 7.11 Å². The lowest BCUT2D eigenvalue weighted by Crippen LogP contribution is -2.20. The largest absolute Gasteiger partial charge is 0.483 e. The normalized spacial score (nSPS) is 10.2. The van der Waals surface area contributed by atoms with Crippen LogP contribution in [0.1, 0.15) is 27.0 Å². The van der Waals surface area contributed by atoms with Gasteiger partial charge in [0.05, 0.1) is 12.7 Å². The smallest absolute Gasteiger partial charge is 0.337 e. The van der Waals surface area contributed by atoms with Crippen molar-refractivity contribution in [3.05, 3.63) is 58.7 Å². The highest BCUT2D eigenvalue weighted by molar-refractivity contribution is 5.93. The van der Waals surface area contributed by atoms with Crippen LogP contribution in [0.3, 0.4) is 0 Å². The molecule has 0 heterocycles. The topological polar surface area (TPSA) is 64.6 Å². The molecule has 2 aromatic rings. The van der Waals surface area contributed by atoms with Crippen molar-refractivity contribution >= 4 is 17.6 Å². The minimum Gasteiger partial charge on any atom is -0.483 e. The molecule has 0 bridgehead atoms. The predicted molar refractivity (Wildman–Crippen MR) is 92.6 cm³/mol. The molecule has 5 heteroatoms. The Bertz CT molecular complexity index is 727. The number of nitrogens with one attached hydrogen (secondary N) is 1. The molecule has 1 N–H and O–H groups in total. The zero-order valence-corrected chi connectivity index (χ0v) is 14.3. The maximum atomic E-state index is 12.0. The molecule has 0 saturated heterocycles. The fourth-order valence-corrected chi connectivity index (χ4v) is 2.54. The molecule has 0 atom stereocenters. The number of hydrogen-bond donors (Lipinski definition) is 1. The van der Waals surface area contributed by atoms with E-state index in [1.807, 2.05) is 32.9 Å². The minimum absolute atomic E-state index is 0.0799. The number of benzene rings is 2. The van der Waals surface area contributed by atoms with Crippen molar-refractivity contribution in [3.63, 3.8) is 0 Å². The van der Waals surface area contributed by atoms with Crippen LogP contribution < -0.4 is 10.1 Å². The average Bonchev–Trinajstić information content (AvgIpc) is 2.53. The van der Waals surface area contributed by atoms with E-state index in [2.05, 4.69) is 10.1 Å². The number of hydrogen-bond acceptors (Lipinski definition) is 4. The molecule has 0 aliphatic rings. The summed E-state index contributed by atoms with van der Waals surface area (Å²) in [5.41, 5.74) is 4.18. The van der Waals surface area contributed by atoms with Crippen LogP contribution in [0.2, 0.25) is 0 Å². The lowest BCUT2D eigenvalue weighted by Gasteiger charge is -2.13. The molecule has 1 amide bonds. The number of methoxy groups -OCH3 is 1. The summed E-state index contributed by atoms with van der Waals surface area (Å²) < 4.78 is 10.3. The van der Waals surface area contributed by atoms with E-state index in [4.69, 9.17) is 4.74 Å². The van der Waals surface area contributed by atoms with E-state index < -0.39 is 5.97 Å². The van der Waals surface area contributed by atoms with Crippen LogP contribution in [-0.4, -0.2) is 25.6 Å². The third-order valence-electron chi connectivity index (χ3n) is 3.54. The van der Waals surface area contributed by atoms with Crippen molar-refractivity contribution in [2.75, 3.05) is 19.0 Å². The molecule has 126 valence electrons. The van der Waals surface area contributed by atoms with Crippen molar-refractivity contribution in [2.24, 2.45) is 0 Å². The molecule has 0 aromatic heterocycles. The highest BCUT2D eigenvalue weighted by Gasteiger charge is 2.09. The van der Waals surface area contributed by atoms with Crippen molar-refractivity contribution < 1.29 is 19.1 Å². The summed E-state index contributed by atoms with van der Waals surface area (Å²) in [5, 5.41) is 2.73. The van der Waals surface area contributed by atoms with Gasteiger partial charge in [-0.3, -0.25) is 4.79 Å². The van der Waals surface area contributed by atoms with Gasteiger partial charge in [-0.25, -0.2) is 4.79 Å². The number of carbonyl (C=O) groups excluding carboxylic acids is 2. The number of aryl methyl sites for hydroxylation is 3. The Balaban J connectivity index is 1.95. The summed E-state index contributed by atoms with van der Waals surface area (Å²) in [6.07, 6.45) is 0. The Morgan fingerprint density at radius 2 is 1.58 bits per heavy atom. The summed E-state index contributed by atoms with van der Waals surface area (Å²) in [7, 11) is 1.32. The van der Waals surface area contributed by atoms with E-state index in [0.29, 0.717) is 11.3 Å². The van der Waals surface area contributed by atoms with Crippen LogP contribution in [0.4, 0.5) is 5.69 Å². The van der Waals surface area contributed by atoms with Crippen molar-refractivity contribution in [2.45, 2.75) is 20.8 Å². The second-order valence-corrected chi connectivity index (χ2v) is 5.63. The Hall–Kier alpha value is -2.82. The number of amides is 1. The summed E-state index contributed by atoms with van der Waals surface area (Å²) in [6.45, 7) is 5.86. The molecule has 0 aliphatic carbocycles. The SMILES string of the molecule is COC(=O)c1ccc(NC(=O)COc2c(C)cc(C)cc2C)cc1. The monoisotopic (exact) mass is 327 g/mol. The van der Waals surface area contributed by atoms with Crippen LogP contribution in [0.5, 0.6) is 5.75 Å². The fraction of sp³-hybridized carbons (Fsp3) is 0.263. The second-order valence-electron chi connectivity index (χ2n) is 5.63. The van der Waals surface area contributed by atoms with Gasteiger partial charge in [0.1, 0.15) is 5.75 Å². The zero-order chi connectivity index (χ0) is 17.7. The van der Waals surface area contributed by atoms with Gasteiger partial charge in [0.15, 0.2) is 6.61 Å². The van der Waals surface area contributed by atoms with Gasteiger partial charge in [-0.2, -0.15) is 0 Å². The molecule has 2 rings (SSSR count). The maximum absolute atomic E-state index is 12.0. The molecule has 0 unspecified atom stereocenters. The third-order valence-corrected chi connectivity index (χ3v) is 3.54. The third kappa shape index (κ3) is 4.35. The van der Waals surface area contributed by atoms with E-state index in [9.17, 15) is 9.59 Å². The number of anilines is 1. The first kappa shape index (κ1) is 17.5. The molecule has 0 aliphatic heterocycles. The molecule has 0 saturated carbocycles. The molecule has 24 heavy (non-hydrogen) atoms. The van der Waals surface area contributed by atoms with Gasteiger partial charge >= 0.3 is 5.97 Å². The van der Waals surface area contributed by atoms with E-state index in [0.717, 1.165) is 22.4 Å². The van der Waals surface area contributed by atoms with Gasteiger partial charge in [0, 0.05) is 5.69 Å². The van der Waals surface area contributed by atoms with Crippen molar-refractivity contribution in [3.8, 4) is 5.75 Å². The maximum Gasteiger partial charge on any atom is 0.337 e. The Kier molecular flexibility index (Phi) is 5.58. The second kappa shape index (κ2) is 7.64.